The second kappa shape index (κ2) is 7.20. The van der Waals surface area contributed by atoms with Crippen LogP contribution in [0.1, 0.15) is 38.8 Å². The van der Waals surface area contributed by atoms with Crippen LogP contribution in [0.25, 0.3) is 0 Å². The first kappa shape index (κ1) is 18.2. The van der Waals surface area contributed by atoms with Gasteiger partial charge in [0.05, 0.1) is 13.0 Å². The molecule has 0 unspecified atom stereocenters. The Morgan fingerprint density at radius 1 is 1.25 bits per heavy atom. The molecular formula is C20H26O4. The van der Waals surface area contributed by atoms with E-state index in [2.05, 4.69) is 19.1 Å². The summed E-state index contributed by atoms with van der Waals surface area (Å²) in [5.41, 5.74) is 2.56. The minimum absolute atomic E-state index is 0.00563. The fourth-order valence-electron chi connectivity index (χ4n) is 3.12. The second-order valence-corrected chi connectivity index (χ2v) is 6.95. The number of benzene rings is 1. The molecule has 130 valence electrons. The molecule has 4 heteroatoms. The third-order valence-electron chi connectivity index (χ3n) is 4.88. The molecule has 1 saturated carbocycles. The Hall–Kier alpha value is -2.10. The van der Waals surface area contributed by atoms with E-state index in [1.807, 2.05) is 32.1 Å². The van der Waals surface area contributed by atoms with Crippen molar-refractivity contribution < 1.29 is 19.1 Å². The SMILES string of the molecule is CCc1cccc(COC(=O)[C@@H]2[C@@H](/C=C(\C)C(=O)OC)C2(C)C)c1. The minimum Gasteiger partial charge on any atom is -0.466 e. The average molecular weight is 330 g/mol. The van der Waals surface area contributed by atoms with Gasteiger partial charge < -0.3 is 9.47 Å². The molecule has 0 aromatic heterocycles. The van der Waals surface area contributed by atoms with Crippen molar-refractivity contribution in [3.05, 3.63) is 47.0 Å². The molecule has 0 bridgehead atoms. The highest BCUT2D eigenvalue weighted by Gasteiger charge is 2.61. The quantitative estimate of drug-likeness (QED) is 0.590. The van der Waals surface area contributed by atoms with Crippen molar-refractivity contribution in [1.29, 1.82) is 0 Å². The van der Waals surface area contributed by atoms with Gasteiger partial charge in [0.2, 0.25) is 0 Å². The van der Waals surface area contributed by atoms with Crippen molar-refractivity contribution in [2.24, 2.45) is 17.3 Å². The van der Waals surface area contributed by atoms with E-state index in [-0.39, 0.29) is 35.8 Å². The van der Waals surface area contributed by atoms with E-state index in [1.165, 1.54) is 12.7 Å². The molecule has 2 atom stereocenters. The number of esters is 2. The van der Waals surface area contributed by atoms with E-state index in [1.54, 1.807) is 6.92 Å². The smallest absolute Gasteiger partial charge is 0.333 e. The molecule has 1 fully saturated rings. The summed E-state index contributed by atoms with van der Waals surface area (Å²) in [6.45, 7) is 8.12. The van der Waals surface area contributed by atoms with Gasteiger partial charge in [-0.15, -0.1) is 0 Å². The van der Waals surface area contributed by atoms with Crippen LogP contribution in [-0.4, -0.2) is 19.0 Å². The van der Waals surface area contributed by atoms with Crippen LogP contribution in [-0.2, 0) is 32.1 Å². The van der Waals surface area contributed by atoms with Crippen LogP contribution in [0, 0.1) is 17.3 Å². The zero-order chi connectivity index (χ0) is 17.9. The molecule has 1 aliphatic rings. The lowest BCUT2D eigenvalue weighted by atomic mass is 10.1. The number of hydrogen-bond acceptors (Lipinski definition) is 4. The molecule has 1 aromatic rings. The Labute approximate surface area is 143 Å². The number of allylic oxidation sites excluding steroid dienone is 1. The lowest BCUT2D eigenvalue weighted by Gasteiger charge is -2.07. The van der Waals surface area contributed by atoms with Crippen molar-refractivity contribution in [3.63, 3.8) is 0 Å². The Balaban J connectivity index is 1.98. The molecule has 0 saturated heterocycles. The molecule has 0 amide bonds. The number of aryl methyl sites for hydroxylation is 1. The number of methoxy groups -OCH3 is 1. The highest BCUT2D eigenvalue weighted by molar-refractivity contribution is 5.88. The first-order chi connectivity index (χ1) is 11.3. The van der Waals surface area contributed by atoms with Gasteiger partial charge in [-0.25, -0.2) is 4.79 Å². The van der Waals surface area contributed by atoms with Crippen molar-refractivity contribution in [1.82, 2.24) is 0 Å². The molecule has 4 nitrogen and oxygen atoms in total. The predicted octanol–water partition coefficient (Wildman–Crippen LogP) is 3.68. The lowest BCUT2D eigenvalue weighted by Crippen LogP contribution is -2.10. The number of hydrogen-bond donors (Lipinski definition) is 0. The first-order valence-corrected chi connectivity index (χ1v) is 8.32. The zero-order valence-electron chi connectivity index (χ0n) is 15.1. The van der Waals surface area contributed by atoms with Gasteiger partial charge in [-0.05, 0) is 35.8 Å². The van der Waals surface area contributed by atoms with Crippen LogP contribution < -0.4 is 0 Å². The number of rotatable bonds is 6. The maximum Gasteiger partial charge on any atom is 0.333 e. The second-order valence-electron chi connectivity index (χ2n) is 6.95. The van der Waals surface area contributed by atoms with Gasteiger partial charge >= 0.3 is 11.9 Å². The van der Waals surface area contributed by atoms with Crippen molar-refractivity contribution in [3.8, 4) is 0 Å². The summed E-state index contributed by atoms with van der Waals surface area (Å²) in [5.74, 6) is -0.778. The maximum absolute atomic E-state index is 12.4. The maximum atomic E-state index is 12.4. The summed E-state index contributed by atoms with van der Waals surface area (Å²) in [6, 6.07) is 8.06. The van der Waals surface area contributed by atoms with Crippen LogP contribution >= 0.6 is 0 Å². The van der Waals surface area contributed by atoms with Gasteiger partial charge in [0.15, 0.2) is 0 Å². The van der Waals surface area contributed by atoms with Crippen LogP contribution in [0.4, 0.5) is 0 Å². The van der Waals surface area contributed by atoms with E-state index in [4.69, 9.17) is 9.47 Å². The third-order valence-corrected chi connectivity index (χ3v) is 4.88. The number of carbonyl (C=O) groups excluding carboxylic acids is 2. The molecular weight excluding hydrogens is 304 g/mol. The highest BCUT2D eigenvalue weighted by atomic mass is 16.5. The van der Waals surface area contributed by atoms with Gasteiger partial charge in [0.1, 0.15) is 6.61 Å². The summed E-state index contributed by atoms with van der Waals surface area (Å²) < 4.78 is 10.2. The van der Waals surface area contributed by atoms with E-state index in [0.29, 0.717) is 5.57 Å². The Morgan fingerprint density at radius 3 is 2.54 bits per heavy atom. The summed E-state index contributed by atoms with van der Waals surface area (Å²) in [6.07, 6.45) is 2.78. The fourth-order valence-corrected chi connectivity index (χ4v) is 3.12. The van der Waals surface area contributed by atoms with Crippen LogP contribution in [0.2, 0.25) is 0 Å². The summed E-state index contributed by atoms with van der Waals surface area (Å²) >= 11 is 0. The van der Waals surface area contributed by atoms with E-state index in [9.17, 15) is 9.59 Å². The van der Waals surface area contributed by atoms with Gasteiger partial charge in [-0.3, -0.25) is 4.79 Å². The largest absolute Gasteiger partial charge is 0.466 e. The van der Waals surface area contributed by atoms with E-state index < -0.39 is 0 Å². The molecule has 24 heavy (non-hydrogen) atoms. The van der Waals surface area contributed by atoms with Crippen LogP contribution in [0.3, 0.4) is 0 Å². The molecule has 1 aromatic carbocycles. The van der Waals surface area contributed by atoms with E-state index in [0.717, 1.165) is 12.0 Å². The number of carbonyl (C=O) groups is 2. The molecule has 0 aliphatic heterocycles. The molecule has 1 aliphatic carbocycles. The van der Waals surface area contributed by atoms with Crippen molar-refractivity contribution in [2.45, 2.75) is 40.7 Å². The third kappa shape index (κ3) is 3.86. The number of ether oxygens (including phenoxy) is 2. The first-order valence-electron chi connectivity index (χ1n) is 8.32. The molecule has 0 N–H and O–H groups in total. The topological polar surface area (TPSA) is 52.6 Å². The molecule has 0 radical (unpaired) electrons. The monoisotopic (exact) mass is 330 g/mol. The van der Waals surface area contributed by atoms with Crippen LogP contribution in [0.5, 0.6) is 0 Å². The standard InChI is InChI=1S/C20H26O4/c1-6-14-8-7-9-15(11-14)12-24-19(22)17-16(20(17,3)4)10-13(2)18(21)23-5/h7-11,16-17H,6,12H2,1-5H3/b13-10+/t16-,17+/m1/s1. The van der Waals surface area contributed by atoms with Gasteiger partial charge in [0, 0.05) is 5.57 Å². The van der Waals surface area contributed by atoms with Crippen molar-refractivity contribution >= 4 is 11.9 Å². The van der Waals surface area contributed by atoms with Crippen molar-refractivity contribution in [2.75, 3.05) is 7.11 Å². The summed E-state index contributed by atoms with van der Waals surface area (Å²) in [7, 11) is 1.36. The normalized spacial score (nSPS) is 22.0. The average Bonchev–Trinajstić information content (AvgIpc) is 3.12. The van der Waals surface area contributed by atoms with E-state index >= 15 is 0 Å². The predicted molar refractivity (Wildman–Crippen MR) is 92.2 cm³/mol. The highest BCUT2D eigenvalue weighted by Crippen LogP contribution is 2.59. The summed E-state index contributed by atoms with van der Waals surface area (Å²) in [4.78, 5) is 23.9. The molecule has 0 spiro atoms. The van der Waals surface area contributed by atoms with Gasteiger partial charge in [-0.2, -0.15) is 0 Å². The van der Waals surface area contributed by atoms with Crippen LogP contribution in [0.15, 0.2) is 35.9 Å². The Kier molecular flexibility index (Phi) is 5.47. The lowest BCUT2D eigenvalue weighted by molar-refractivity contribution is -0.147. The molecule has 2 rings (SSSR count). The Bertz CT molecular complexity index is 657. The zero-order valence-corrected chi connectivity index (χ0v) is 15.1. The van der Waals surface area contributed by atoms with Gasteiger partial charge in [-0.1, -0.05) is 51.1 Å². The molecule has 0 heterocycles. The Morgan fingerprint density at radius 2 is 1.92 bits per heavy atom. The summed E-state index contributed by atoms with van der Waals surface area (Å²) in [5, 5.41) is 0. The fraction of sp³-hybridized carbons (Fsp3) is 0.500. The minimum atomic E-state index is -0.360. The van der Waals surface area contributed by atoms with Gasteiger partial charge in [0.25, 0.3) is 0 Å².